The average Bonchev–Trinajstić information content (AvgIpc) is 2.62. The van der Waals surface area contributed by atoms with Gasteiger partial charge >= 0.3 is 0 Å². The number of methoxy groups -OCH3 is 2. The van der Waals surface area contributed by atoms with E-state index >= 15 is 0 Å². The maximum absolute atomic E-state index is 11.8. The van der Waals surface area contributed by atoms with E-state index < -0.39 is 0 Å². The molecule has 0 aliphatic rings. The lowest BCUT2D eigenvalue weighted by atomic mass is 10.2. The Morgan fingerprint density at radius 3 is 2.60 bits per heavy atom. The van der Waals surface area contributed by atoms with E-state index in [0.29, 0.717) is 22.8 Å². The smallest absolute Gasteiger partial charge is 0.277 e. The molecule has 1 N–H and O–H groups in total. The Balaban J connectivity index is 1.89. The second-order valence-corrected chi connectivity index (χ2v) is 5.96. The summed E-state index contributed by atoms with van der Waals surface area (Å²) >= 11 is 3.41. The zero-order valence-corrected chi connectivity index (χ0v) is 15.8. The van der Waals surface area contributed by atoms with E-state index in [4.69, 9.17) is 14.2 Å². The topological polar surface area (TPSA) is 69.2 Å². The number of hydrogen-bond acceptors (Lipinski definition) is 5. The third kappa shape index (κ3) is 5.49. The summed E-state index contributed by atoms with van der Waals surface area (Å²) in [7, 11) is 3.13. The Morgan fingerprint density at radius 1 is 1.16 bits per heavy atom. The van der Waals surface area contributed by atoms with Gasteiger partial charge in [0.25, 0.3) is 5.91 Å². The number of ether oxygens (including phenoxy) is 3. The quantitative estimate of drug-likeness (QED) is 0.565. The molecule has 0 fully saturated rings. The Labute approximate surface area is 154 Å². The lowest BCUT2D eigenvalue weighted by Crippen LogP contribution is -2.24. The number of amides is 1. The Bertz CT molecular complexity index is 778. The summed E-state index contributed by atoms with van der Waals surface area (Å²) in [6.07, 6.45) is 1.50. The van der Waals surface area contributed by atoms with Crippen LogP contribution in [-0.2, 0) is 4.79 Å². The summed E-state index contributed by atoms with van der Waals surface area (Å²) in [6.45, 7) is 1.82. The van der Waals surface area contributed by atoms with Gasteiger partial charge in [0.2, 0.25) is 0 Å². The summed E-state index contributed by atoms with van der Waals surface area (Å²) < 4.78 is 16.8. The van der Waals surface area contributed by atoms with E-state index in [0.717, 1.165) is 10.0 Å². The van der Waals surface area contributed by atoms with Crippen molar-refractivity contribution < 1.29 is 19.0 Å². The fourth-order valence-electron chi connectivity index (χ4n) is 1.99. The monoisotopic (exact) mass is 406 g/mol. The standard InChI is InChI=1S/C18H19BrN2O4/c1-12-8-15(6-7-16(12)19)25-11-18(22)21-20-10-13-4-5-14(23-2)9-17(13)24-3/h4-10H,11H2,1-3H3,(H,21,22). The first-order valence-corrected chi connectivity index (χ1v) is 8.25. The van der Waals surface area contributed by atoms with Crippen molar-refractivity contribution in [2.75, 3.05) is 20.8 Å². The van der Waals surface area contributed by atoms with Crippen LogP contribution in [0.4, 0.5) is 0 Å². The number of carbonyl (C=O) groups is 1. The highest BCUT2D eigenvalue weighted by molar-refractivity contribution is 9.10. The van der Waals surface area contributed by atoms with E-state index in [-0.39, 0.29) is 12.5 Å². The molecule has 0 heterocycles. The van der Waals surface area contributed by atoms with Crippen molar-refractivity contribution >= 4 is 28.1 Å². The maximum atomic E-state index is 11.8. The molecule has 25 heavy (non-hydrogen) atoms. The van der Waals surface area contributed by atoms with Gasteiger partial charge in [-0.25, -0.2) is 5.43 Å². The van der Waals surface area contributed by atoms with Gasteiger partial charge in [-0.1, -0.05) is 15.9 Å². The van der Waals surface area contributed by atoms with Gasteiger partial charge < -0.3 is 14.2 Å². The van der Waals surface area contributed by atoms with Crippen molar-refractivity contribution in [1.82, 2.24) is 5.43 Å². The molecule has 0 aliphatic heterocycles. The third-order valence-corrected chi connectivity index (χ3v) is 4.22. The van der Waals surface area contributed by atoms with Gasteiger partial charge in [0.15, 0.2) is 6.61 Å². The van der Waals surface area contributed by atoms with Crippen LogP contribution in [0.1, 0.15) is 11.1 Å². The number of aryl methyl sites for hydroxylation is 1. The van der Waals surface area contributed by atoms with Crippen molar-refractivity contribution in [3.05, 3.63) is 52.0 Å². The molecular weight excluding hydrogens is 388 g/mol. The van der Waals surface area contributed by atoms with Gasteiger partial charge in [0.05, 0.1) is 20.4 Å². The molecule has 0 unspecified atom stereocenters. The lowest BCUT2D eigenvalue weighted by Gasteiger charge is -2.08. The molecule has 2 aromatic carbocycles. The third-order valence-electron chi connectivity index (χ3n) is 3.33. The van der Waals surface area contributed by atoms with E-state index in [1.54, 1.807) is 38.5 Å². The number of carbonyl (C=O) groups excluding carboxylic acids is 1. The van der Waals surface area contributed by atoms with Gasteiger partial charge in [-0.3, -0.25) is 4.79 Å². The van der Waals surface area contributed by atoms with Crippen LogP contribution < -0.4 is 19.6 Å². The minimum absolute atomic E-state index is 0.127. The maximum Gasteiger partial charge on any atom is 0.277 e. The molecular formula is C18H19BrN2O4. The van der Waals surface area contributed by atoms with Gasteiger partial charge in [-0.05, 0) is 42.8 Å². The largest absolute Gasteiger partial charge is 0.497 e. The van der Waals surface area contributed by atoms with Crippen LogP contribution in [0.2, 0.25) is 0 Å². The van der Waals surface area contributed by atoms with Gasteiger partial charge in [-0.2, -0.15) is 5.10 Å². The fourth-order valence-corrected chi connectivity index (χ4v) is 2.23. The molecule has 2 aromatic rings. The van der Waals surface area contributed by atoms with Crippen molar-refractivity contribution in [2.24, 2.45) is 5.10 Å². The molecule has 0 saturated heterocycles. The molecule has 132 valence electrons. The Kier molecular flexibility index (Phi) is 6.82. The zero-order valence-electron chi connectivity index (χ0n) is 14.2. The van der Waals surface area contributed by atoms with Crippen LogP contribution in [0.5, 0.6) is 17.2 Å². The van der Waals surface area contributed by atoms with Crippen LogP contribution in [0, 0.1) is 6.92 Å². The van der Waals surface area contributed by atoms with E-state index in [1.165, 1.54) is 6.21 Å². The van der Waals surface area contributed by atoms with Crippen molar-refractivity contribution in [3.63, 3.8) is 0 Å². The van der Waals surface area contributed by atoms with Gasteiger partial charge in [0, 0.05) is 16.1 Å². The van der Waals surface area contributed by atoms with Crippen LogP contribution in [0.25, 0.3) is 0 Å². The molecule has 7 heteroatoms. The second kappa shape index (κ2) is 9.08. The molecule has 0 radical (unpaired) electrons. The predicted molar refractivity (Wildman–Crippen MR) is 99.7 cm³/mol. The number of nitrogens with one attached hydrogen (secondary N) is 1. The molecule has 0 aromatic heterocycles. The molecule has 0 saturated carbocycles. The van der Waals surface area contributed by atoms with Gasteiger partial charge in [0.1, 0.15) is 17.2 Å². The summed E-state index contributed by atoms with van der Waals surface area (Å²) in [5.41, 5.74) is 4.16. The fraction of sp³-hybridized carbons (Fsp3) is 0.222. The molecule has 0 spiro atoms. The van der Waals surface area contributed by atoms with E-state index in [2.05, 4.69) is 26.5 Å². The number of halogens is 1. The first kappa shape index (κ1) is 18.8. The van der Waals surface area contributed by atoms with Crippen molar-refractivity contribution in [1.29, 1.82) is 0 Å². The summed E-state index contributed by atoms with van der Waals surface area (Å²) in [5, 5.41) is 3.92. The Hall–Kier alpha value is -2.54. The normalized spacial score (nSPS) is 10.6. The number of rotatable bonds is 7. The van der Waals surface area contributed by atoms with Crippen LogP contribution >= 0.6 is 15.9 Å². The molecule has 0 bridgehead atoms. The molecule has 2 rings (SSSR count). The van der Waals surface area contributed by atoms with E-state index in [9.17, 15) is 4.79 Å². The summed E-state index contributed by atoms with van der Waals surface area (Å²) in [6, 6.07) is 10.8. The highest BCUT2D eigenvalue weighted by Crippen LogP contribution is 2.23. The predicted octanol–water partition coefficient (Wildman–Crippen LogP) is 3.30. The van der Waals surface area contributed by atoms with E-state index in [1.807, 2.05) is 19.1 Å². The highest BCUT2D eigenvalue weighted by Gasteiger charge is 2.05. The molecule has 6 nitrogen and oxygen atoms in total. The van der Waals surface area contributed by atoms with Crippen LogP contribution in [0.15, 0.2) is 46.0 Å². The van der Waals surface area contributed by atoms with Crippen LogP contribution in [0.3, 0.4) is 0 Å². The average molecular weight is 407 g/mol. The molecule has 1 amide bonds. The minimum Gasteiger partial charge on any atom is -0.497 e. The number of benzene rings is 2. The molecule has 0 aliphatic carbocycles. The zero-order chi connectivity index (χ0) is 18.2. The highest BCUT2D eigenvalue weighted by atomic mass is 79.9. The van der Waals surface area contributed by atoms with Crippen LogP contribution in [-0.4, -0.2) is 32.9 Å². The number of hydrazone groups is 1. The SMILES string of the molecule is COc1ccc(C=NNC(=O)COc2ccc(Br)c(C)c2)c(OC)c1. The second-order valence-electron chi connectivity index (χ2n) is 5.10. The molecule has 0 atom stereocenters. The van der Waals surface area contributed by atoms with Crippen molar-refractivity contribution in [2.45, 2.75) is 6.92 Å². The summed E-state index contributed by atoms with van der Waals surface area (Å²) in [5.74, 6) is 1.54. The number of nitrogens with zero attached hydrogens (tertiary/aromatic N) is 1. The lowest BCUT2D eigenvalue weighted by molar-refractivity contribution is -0.123. The number of hydrogen-bond donors (Lipinski definition) is 1. The van der Waals surface area contributed by atoms with Gasteiger partial charge in [-0.15, -0.1) is 0 Å². The first-order chi connectivity index (χ1) is 12.0. The Morgan fingerprint density at radius 2 is 1.92 bits per heavy atom. The van der Waals surface area contributed by atoms with Crippen molar-refractivity contribution in [3.8, 4) is 17.2 Å². The minimum atomic E-state index is -0.357. The first-order valence-electron chi connectivity index (χ1n) is 7.46. The summed E-state index contributed by atoms with van der Waals surface area (Å²) in [4.78, 5) is 11.8.